The minimum atomic E-state index is -0.210. The Morgan fingerprint density at radius 1 is 1.19 bits per heavy atom. The molecular weight excluding hydrogens is 202 g/mol. The van der Waals surface area contributed by atoms with E-state index >= 15 is 0 Å². The fraction of sp³-hybridized carbons (Fsp3) is 0.923. The molecule has 0 rings (SSSR count). The van der Waals surface area contributed by atoms with Gasteiger partial charge in [-0.25, -0.2) is 0 Å². The van der Waals surface area contributed by atoms with Crippen LogP contribution in [0.5, 0.6) is 0 Å². The van der Waals surface area contributed by atoms with Crippen LogP contribution in [0.1, 0.15) is 59.3 Å². The SMILES string of the molecule is CCCCCCCC(=O)NCC(C)(C)CO. The number of rotatable bonds is 9. The number of nitrogens with one attached hydrogen (secondary N) is 1. The predicted molar refractivity (Wildman–Crippen MR) is 67.3 cm³/mol. The minimum absolute atomic E-state index is 0.101. The molecule has 1 amide bonds. The summed E-state index contributed by atoms with van der Waals surface area (Å²) >= 11 is 0. The summed E-state index contributed by atoms with van der Waals surface area (Å²) < 4.78 is 0. The highest BCUT2D eigenvalue weighted by Gasteiger charge is 2.16. The topological polar surface area (TPSA) is 49.3 Å². The Labute approximate surface area is 99.6 Å². The van der Waals surface area contributed by atoms with Gasteiger partial charge in [-0.05, 0) is 6.42 Å². The third-order valence-electron chi connectivity index (χ3n) is 2.70. The van der Waals surface area contributed by atoms with Crippen molar-refractivity contribution in [3.8, 4) is 0 Å². The first-order valence-electron chi connectivity index (χ1n) is 6.39. The number of aliphatic hydroxyl groups is 1. The van der Waals surface area contributed by atoms with Crippen LogP contribution in [0.3, 0.4) is 0 Å². The molecule has 0 radical (unpaired) electrons. The summed E-state index contributed by atoms with van der Waals surface area (Å²) in [7, 11) is 0. The molecule has 0 unspecified atom stereocenters. The lowest BCUT2D eigenvalue weighted by molar-refractivity contribution is -0.121. The van der Waals surface area contributed by atoms with Crippen molar-refractivity contribution in [1.29, 1.82) is 0 Å². The molecule has 16 heavy (non-hydrogen) atoms. The molecule has 0 aliphatic carbocycles. The van der Waals surface area contributed by atoms with E-state index in [1.807, 2.05) is 13.8 Å². The van der Waals surface area contributed by atoms with Gasteiger partial charge in [-0.3, -0.25) is 4.79 Å². The van der Waals surface area contributed by atoms with Gasteiger partial charge in [-0.2, -0.15) is 0 Å². The van der Waals surface area contributed by atoms with Gasteiger partial charge >= 0.3 is 0 Å². The first kappa shape index (κ1) is 15.4. The Morgan fingerprint density at radius 2 is 1.81 bits per heavy atom. The fourth-order valence-electron chi connectivity index (χ4n) is 1.37. The van der Waals surface area contributed by atoms with E-state index in [2.05, 4.69) is 12.2 Å². The maximum atomic E-state index is 11.4. The Morgan fingerprint density at radius 3 is 2.38 bits per heavy atom. The highest BCUT2D eigenvalue weighted by Crippen LogP contribution is 2.11. The van der Waals surface area contributed by atoms with Crippen molar-refractivity contribution in [3.05, 3.63) is 0 Å². The second-order valence-electron chi connectivity index (χ2n) is 5.26. The summed E-state index contributed by atoms with van der Waals surface area (Å²) in [6, 6.07) is 0. The molecule has 0 aromatic carbocycles. The summed E-state index contributed by atoms with van der Waals surface area (Å²) in [5.74, 6) is 0.109. The van der Waals surface area contributed by atoms with Gasteiger partial charge < -0.3 is 10.4 Å². The van der Waals surface area contributed by atoms with E-state index in [4.69, 9.17) is 5.11 Å². The monoisotopic (exact) mass is 229 g/mol. The fourth-order valence-corrected chi connectivity index (χ4v) is 1.37. The van der Waals surface area contributed by atoms with Crippen molar-refractivity contribution < 1.29 is 9.90 Å². The number of hydrogen-bond acceptors (Lipinski definition) is 2. The maximum absolute atomic E-state index is 11.4. The zero-order valence-corrected chi connectivity index (χ0v) is 11.0. The molecule has 0 aliphatic rings. The molecule has 0 aliphatic heterocycles. The molecule has 0 spiro atoms. The van der Waals surface area contributed by atoms with E-state index in [1.54, 1.807) is 0 Å². The van der Waals surface area contributed by atoms with Crippen molar-refractivity contribution in [2.24, 2.45) is 5.41 Å². The van der Waals surface area contributed by atoms with Crippen LogP contribution in [0.4, 0.5) is 0 Å². The third-order valence-corrected chi connectivity index (χ3v) is 2.70. The number of hydrogen-bond donors (Lipinski definition) is 2. The average molecular weight is 229 g/mol. The molecule has 0 saturated carbocycles. The number of aliphatic hydroxyl groups excluding tert-OH is 1. The van der Waals surface area contributed by atoms with Gasteiger partial charge in [0.25, 0.3) is 0 Å². The van der Waals surface area contributed by atoms with Crippen LogP contribution < -0.4 is 5.32 Å². The lowest BCUT2D eigenvalue weighted by Gasteiger charge is -2.21. The van der Waals surface area contributed by atoms with Gasteiger partial charge in [0.05, 0.1) is 0 Å². The second-order valence-corrected chi connectivity index (χ2v) is 5.26. The van der Waals surface area contributed by atoms with Gasteiger partial charge in [0, 0.05) is 25.0 Å². The summed E-state index contributed by atoms with van der Waals surface area (Å²) in [5, 5.41) is 11.9. The van der Waals surface area contributed by atoms with E-state index in [1.165, 1.54) is 19.3 Å². The van der Waals surface area contributed by atoms with Crippen LogP contribution in [-0.2, 0) is 4.79 Å². The second kappa shape index (κ2) is 8.57. The molecule has 0 atom stereocenters. The number of carbonyl (C=O) groups is 1. The van der Waals surface area contributed by atoms with Crippen LogP contribution in [0.25, 0.3) is 0 Å². The zero-order valence-electron chi connectivity index (χ0n) is 11.0. The largest absolute Gasteiger partial charge is 0.396 e. The van der Waals surface area contributed by atoms with Crippen LogP contribution >= 0.6 is 0 Å². The molecule has 0 aromatic rings. The quantitative estimate of drug-likeness (QED) is 0.597. The van der Waals surface area contributed by atoms with Crippen molar-refractivity contribution >= 4 is 5.91 Å². The number of unbranched alkanes of at least 4 members (excludes halogenated alkanes) is 4. The molecular formula is C13H27NO2. The smallest absolute Gasteiger partial charge is 0.220 e. The van der Waals surface area contributed by atoms with Crippen molar-refractivity contribution in [2.75, 3.05) is 13.2 Å². The Bertz CT molecular complexity index is 190. The molecule has 0 aromatic heterocycles. The maximum Gasteiger partial charge on any atom is 0.220 e. The van der Waals surface area contributed by atoms with E-state index < -0.39 is 0 Å². The van der Waals surface area contributed by atoms with Gasteiger partial charge in [-0.1, -0.05) is 46.5 Å². The van der Waals surface area contributed by atoms with Crippen molar-refractivity contribution in [2.45, 2.75) is 59.3 Å². The van der Waals surface area contributed by atoms with E-state index in [0.29, 0.717) is 13.0 Å². The highest BCUT2D eigenvalue weighted by atomic mass is 16.3. The van der Waals surface area contributed by atoms with Crippen molar-refractivity contribution in [1.82, 2.24) is 5.32 Å². The number of amides is 1. The first-order valence-corrected chi connectivity index (χ1v) is 6.39. The third kappa shape index (κ3) is 8.72. The Kier molecular flexibility index (Phi) is 8.26. The zero-order chi connectivity index (χ0) is 12.4. The van der Waals surface area contributed by atoms with Gasteiger partial charge in [0.15, 0.2) is 0 Å². The average Bonchev–Trinajstić information content (AvgIpc) is 2.26. The minimum Gasteiger partial charge on any atom is -0.396 e. The van der Waals surface area contributed by atoms with E-state index in [0.717, 1.165) is 12.8 Å². The summed E-state index contributed by atoms with van der Waals surface area (Å²) in [5.41, 5.74) is -0.210. The molecule has 0 heterocycles. The molecule has 3 nitrogen and oxygen atoms in total. The summed E-state index contributed by atoms with van der Waals surface area (Å²) in [6.45, 7) is 6.72. The number of carbonyl (C=O) groups excluding carboxylic acids is 1. The summed E-state index contributed by atoms with van der Waals surface area (Å²) in [4.78, 5) is 11.4. The van der Waals surface area contributed by atoms with Crippen molar-refractivity contribution in [3.63, 3.8) is 0 Å². The normalized spacial score (nSPS) is 11.5. The van der Waals surface area contributed by atoms with Crippen LogP contribution in [-0.4, -0.2) is 24.2 Å². The molecule has 0 saturated heterocycles. The predicted octanol–water partition coefficient (Wildman–Crippen LogP) is 2.48. The molecule has 0 fully saturated rings. The standard InChI is InChI=1S/C13H27NO2/c1-4-5-6-7-8-9-12(16)14-10-13(2,3)11-15/h15H,4-11H2,1-3H3,(H,14,16). The highest BCUT2D eigenvalue weighted by molar-refractivity contribution is 5.75. The molecule has 96 valence electrons. The molecule has 2 N–H and O–H groups in total. The van der Waals surface area contributed by atoms with Gasteiger partial charge in [0.2, 0.25) is 5.91 Å². The molecule has 3 heteroatoms. The van der Waals surface area contributed by atoms with Crippen LogP contribution in [0.15, 0.2) is 0 Å². The lowest BCUT2D eigenvalue weighted by Crippen LogP contribution is -2.35. The van der Waals surface area contributed by atoms with E-state index in [-0.39, 0.29) is 17.9 Å². The van der Waals surface area contributed by atoms with E-state index in [9.17, 15) is 4.79 Å². The van der Waals surface area contributed by atoms with Crippen LogP contribution in [0, 0.1) is 5.41 Å². The summed E-state index contributed by atoms with van der Waals surface area (Å²) in [6.07, 6.45) is 6.46. The first-order chi connectivity index (χ1) is 7.52. The lowest BCUT2D eigenvalue weighted by atomic mass is 9.95. The van der Waals surface area contributed by atoms with Crippen LogP contribution in [0.2, 0.25) is 0 Å². The van der Waals surface area contributed by atoms with Gasteiger partial charge in [-0.15, -0.1) is 0 Å². The van der Waals surface area contributed by atoms with Gasteiger partial charge in [0.1, 0.15) is 0 Å². The Hall–Kier alpha value is -0.570. The Balaban J connectivity index is 3.45. The molecule has 0 bridgehead atoms.